The molecule has 47 heavy (non-hydrogen) atoms. The minimum Gasteiger partial charge on any atom is -0.454 e. The second-order valence-electron chi connectivity index (χ2n) is 12.3. The summed E-state index contributed by atoms with van der Waals surface area (Å²) in [5, 5.41) is 14.5. The molecule has 1 fully saturated rings. The molecule has 3 heterocycles. The summed E-state index contributed by atoms with van der Waals surface area (Å²) < 4.78 is 45.4. The molecule has 13 heteroatoms. The van der Waals surface area contributed by atoms with E-state index in [2.05, 4.69) is 10.3 Å². The van der Waals surface area contributed by atoms with Crippen molar-refractivity contribution in [1.29, 1.82) is 0 Å². The molecule has 0 saturated carbocycles. The van der Waals surface area contributed by atoms with Gasteiger partial charge in [-0.15, -0.1) is 0 Å². The number of amides is 2. The molecule has 2 amide bonds. The van der Waals surface area contributed by atoms with Gasteiger partial charge in [-0.05, 0) is 53.6 Å². The van der Waals surface area contributed by atoms with E-state index in [9.17, 15) is 23.1 Å². The van der Waals surface area contributed by atoms with E-state index in [0.29, 0.717) is 23.7 Å². The summed E-state index contributed by atoms with van der Waals surface area (Å²) in [5.41, 5.74) is 1.81. The van der Waals surface area contributed by atoms with Crippen molar-refractivity contribution in [3.63, 3.8) is 0 Å². The molecule has 2 aliphatic heterocycles. The average molecular weight is 667 g/mol. The van der Waals surface area contributed by atoms with Gasteiger partial charge in [0.25, 0.3) is 5.91 Å². The van der Waals surface area contributed by atoms with Gasteiger partial charge in [0.15, 0.2) is 17.6 Å². The largest absolute Gasteiger partial charge is 0.454 e. The Kier molecular flexibility index (Phi) is 10.7. The summed E-state index contributed by atoms with van der Waals surface area (Å²) in [6.45, 7) is 7.75. The van der Waals surface area contributed by atoms with Gasteiger partial charge < -0.3 is 24.6 Å². The second-order valence-corrected chi connectivity index (χ2v) is 14.2. The lowest BCUT2D eigenvalue weighted by molar-refractivity contribution is -0.129. The van der Waals surface area contributed by atoms with E-state index in [1.807, 2.05) is 64.1 Å². The van der Waals surface area contributed by atoms with Gasteiger partial charge in [-0.1, -0.05) is 64.4 Å². The molecule has 12 nitrogen and oxygen atoms in total. The van der Waals surface area contributed by atoms with Gasteiger partial charge in [0.05, 0.1) is 23.6 Å². The average Bonchev–Trinajstić information content (AvgIpc) is 3.70. The van der Waals surface area contributed by atoms with Crippen molar-refractivity contribution in [2.75, 3.05) is 31.3 Å². The molecule has 3 unspecified atom stereocenters. The number of sulfonamides is 1. The van der Waals surface area contributed by atoms with Crippen molar-refractivity contribution in [2.24, 2.45) is 5.92 Å². The van der Waals surface area contributed by atoms with Gasteiger partial charge >= 0.3 is 6.09 Å². The number of aromatic nitrogens is 1. The topological polar surface area (TPSA) is 148 Å². The number of carbonyl (C=O) groups excluding carboxylic acids is 2. The van der Waals surface area contributed by atoms with Crippen molar-refractivity contribution in [3.05, 3.63) is 78.0 Å². The number of fused-ring (bicyclic) bond motifs is 1. The van der Waals surface area contributed by atoms with Crippen LogP contribution in [0.15, 0.2) is 71.8 Å². The molecular formula is C34H42N4O8S. The third-order valence-electron chi connectivity index (χ3n) is 8.49. The SMILES string of the molecule is CC[C@@H](C)CN(CC(O)C(Cc1ccccc1)NC(=O)C1CN(c2cc(C(C)C)ccn2)C(=O)O1)S(=O)(=O)c1ccc2c(c1)OCO2. The van der Waals surface area contributed by atoms with Crippen LogP contribution < -0.4 is 19.7 Å². The summed E-state index contributed by atoms with van der Waals surface area (Å²) in [6.07, 6.45) is -0.646. The molecule has 4 atom stereocenters. The zero-order chi connectivity index (χ0) is 33.7. The van der Waals surface area contributed by atoms with Gasteiger partial charge in [0.1, 0.15) is 5.82 Å². The highest BCUT2D eigenvalue weighted by atomic mass is 32.2. The van der Waals surface area contributed by atoms with Gasteiger partial charge in [0, 0.05) is 25.4 Å². The van der Waals surface area contributed by atoms with Crippen LogP contribution in [0.1, 0.15) is 51.2 Å². The quantitative estimate of drug-likeness (QED) is 0.260. The standard InChI is InChI=1S/C34H42N4O8S/c1-5-23(4)18-37(47(42,43)26-11-12-29-30(17-26)45-21-44-29)19-28(39)27(15-24-9-7-6-8-10-24)36-33(40)31-20-38(34(41)46-31)32-16-25(22(2)3)13-14-35-32/h6-14,16-17,22-23,27-28,31,39H,5,15,18-21H2,1-4H3,(H,36,40)/t23-,27?,28?,31?/m1/s1. The zero-order valence-electron chi connectivity index (χ0n) is 27.0. The molecule has 2 aliphatic rings. The van der Waals surface area contributed by atoms with E-state index in [1.54, 1.807) is 18.3 Å². The Hall–Kier alpha value is -4.20. The zero-order valence-corrected chi connectivity index (χ0v) is 27.9. The lowest BCUT2D eigenvalue weighted by Crippen LogP contribution is -2.53. The van der Waals surface area contributed by atoms with E-state index in [4.69, 9.17) is 14.2 Å². The Balaban J connectivity index is 1.36. The third kappa shape index (κ3) is 8.03. The van der Waals surface area contributed by atoms with Crippen LogP contribution in [0.4, 0.5) is 10.6 Å². The first kappa shape index (κ1) is 34.1. The molecule has 1 saturated heterocycles. The number of aliphatic hydroxyl groups excluding tert-OH is 1. The van der Waals surface area contributed by atoms with Gasteiger partial charge in [-0.3, -0.25) is 9.69 Å². The number of aliphatic hydroxyl groups is 1. The summed E-state index contributed by atoms with van der Waals surface area (Å²) in [4.78, 5) is 32.0. The van der Waals surface area contributed by atoms with Crippen molar-refractivity contribution < 1.29 is 37.3 Å². The predicted molar refractivity (Wildman–Crippen MR) is 175 cm³/mol. The van der Waals surface area contributed by atoms with E-state index in [1.165, 1.54) is 21.3 Å². The predicted octanol–water partition coefficient (Wildman–Crippen LogP) is 4.08. The summed E-state index contributed by atoms with van der Waals surface area (Å²) in [6, 6.07) is 16.4. The van der Waals surface area contributed by atoms with Crippen LogP contribution in [0.25, 0.3) is 0 Å². The number of nitrogens with zero attached hydrogens (tertiary/aromatic N) is 3. The number of hydrogen-bond donors (Lipinski definition) is 2. The summed E-state index contributed by atoms with van der Waals surface area (Å²) >= 11 is 0. The van der Waals surface area contributed by atoms with E-state index in [-0.39, 0.29) is 49.6 Å². The summed E-state index contributed by atoms with van der Waals surface area (Å²) in [7, 11) is -4.09. The summed E-state index contributed by atoms with van der Waals surface area (Å²) in [5.74, 6) is 0.760. The maximum atomic E-state index is 14.0. The first-order chi connectivity index (χ1) is 22.5. The molecule has 0 aliphatic carbocycles. The van der Waals surface area contributed by atoms with E-state index < -0.39 is 40.3 Å². The van der Waals surface area contributed by atoms with Crippen LogP contribution in [-0.2, 0) is 26.0 Å². The minimum absolute atomic E-state index is 0.00387. The normalized spacial score (nSPS) is 17.9. The Labute approximate surface area is 275 Å². The maximum Gasteiger partial charge on any atom is 0.416 e. The highest BCUT2D eigenvalue weighted by Crippen LogP contribution is 2.35. The Morgan fingerprint density at radius 3 is 2.53 bits per heavy atom. The number of anilines is 1. The maximum absolute atomic E-state index is 14.0. The molecule has 0 radical (unpaired) electrons. The monoisotopic (exact) mass is 666 g/mol. The van der Waals surface area contributed by atoms with Crippen LogP contribution in [0.3, 0.4) is 0 Å². The van der Waals surface area contributed by atoms with Crippen LogP contribution in [0.5, 0.6) is 11.5 Å². The van der Waals surface area contributed by atoms with Crippen LogP contribution in [0.2, 0.25) is 0 Å². The number of nitrogens with one attached hydrogen (secondary N) is 1. The fourth-order valence-electron chi connectivity index (χ4n) is 5.42. The molecule has 2 N–H and O–H groups in total. The number of rotatable bonds is 14. The number of cyclic esters (lactones) is 1. The fourth-order valence-corrected chi connectivity index (χ4v) is 7.02. The number of carbonyl (C=O) groups is 2. The highest BCUT2D eigenvalue weighted by Gasteiger charge is 2.40. The first-order valence-corrected chi connectivity index (χ1v) is 17.3. The van der Waals surface area contributed by atoms with E-state index >= 15 is 0 Å². The highest BCUT2D eigenvalue weighted by molar-refractivity contribution is 7.89. The molecule has 3 aromatic rings. The van der Waals surface area contributed by atoms with Gasteiger partial charge in [-0.25, -0.2) is 18.2 Å². The van der Waals surface area contributed by atoms with Crippen LogP contribution in [-0.4, -0.2) is 79.5 Å². The molecule has 1 aromatic heterocycles. The van der Waals surface area contributed by atoms with E-state index in [0.717, 1.165) is 11.1 Å². The number of hydrogen-bond acceptors (Lipinski definition) is 9. The fraction of sp³-hybridized carbons (Fsp3) is 0.441. The first-order valence-electron chi connectivity index (χ1n) is 15.8. The lowest BCUT2D eigenvalue weighted by Gasteiger charge is -2.31. The molecule has 0 spiro atoms. The number of ether oxygens (including phenoxy) is 3. The number of benzene rings is 2. The van der Waals surface area contributed by atoms with Crippen LogP contribution >= 0.6 is 0 Å². The van der Waals surface area contributed by atoms with Gasteiger partial charge in [0.2, 0.25) is 16.8 Å². The molecular weight excluding hydrogens is 624 g/mol. The second kappa shape index (κ2) is 14.7. The Bertz CT molecular complexity index is 1670. The van der Waals surface area contributed by atoms with Crippen LogP contribution in [0, 0.1) is 5.92 Å². The van der Waals surface area contributed by atoms with Crippen molar-refractivity contribution in [2.45, 2.75) is 69.6 Å². The molecule has 5 rings (SSSR count). The molecule has 252 valence electrons. The smallest absolute Gasteiger partial charge is 0.416 e. The Morgan fingerprint density at radius 1 is 1.06 bits per heavy atom. The van der Waals surface area contributed by atoms with Crippen molar-refractivity contribution in [1.82, 2.24) is 14.6 Å². The molecule has 2 aromatic carbocycles. The van der Waals surface area contributed by atoms with Crippen molar-refractivity contribution >= 4 is 27.8 Å². The Morgan fingerprint density at radius 2 is 1.81 bits per heavy atom. The third-order valence-corrected chi connectivity index (χ3v) is 10.3. The van der Waals surface area contributed by atoms with Crippen molar-refractivity contribution in [3.8, 4) is 11.5 Å². The lowest BCUT2D eigenvalue weighted by atomic mass is 10.0. The minimum atomic E-state index is -4.09. The number of pyridine rings is 1. The van der Waals surface area contributed by atoms with Gasteiger partial charge in [-0.2, -0.15) is 4.31 Å². The molecule has 0 bridgehead atoms.